The first-order valence-corrected chi connectivity index (χ1v) is 12.2. The van der Waals surface area contributed by atoms with Gasteiger partial charge in [0, 0.05) is 42.5 Å². The summed E-state index contributed by atoms with van der Waals surface area (Å²) in [5.41, 5.74) is 2.60. The molecule has 2 heterocycles. The second kappa shape index (κ2) is 8.91. The third kappa shape index (κ3) is 4.87. The lowest BCUT2D eigenvalue weighted by molar-refractivity contribution is 0.102. The molecule has 0 saturated carbocycles. The Morgan fingerprint density at radius 1 is 1.06 bits per heavy atom. The van der Waals surface area contributed by atoms with Gasteiger partial charge in [0.1, 0.15) is 0 Å². The van der Waals surface area contributed by atoms with Crippen molar-refractivity contribution in [3.63, 3.8) is 0 Å². The lowest BCUT2D eigenvalue weighted by atomic mass is 10.2. The number of amides is 1. The smallest absolute Gasteiger partial charge is 0.272 e. The minimum absolute atomic E-state index is 0.113. The second-order valence-electron chi connectivity index (χ2n) is 7.06. The minimum Gasteiger partial charge on any atom is -0.369 e. The van der Waals surface area contributed by atoms with Crippen LogP contribution >= 0.6 is 22.9 Å². The molecular formula is C20H20ClN5O3S2. The maximum absolute atomic E-state index is 13.0. The molecule has 1 saturated heterocycles. The van der Waals surface area contributed by atoms with Crippen molar-refractivity contribution in [1.29, 1.82) is 0 Å². The molecule has 0 bridgehead atoms. The highest BCUT2D eigenvalue weighted by Gasteiger charge is 2.32. The van der Waals surface area contributed by atoms with Crippen molar-refractivity contribution in [2.45, 2.75) is 11.3 Å². The molecule has 0 spiro atoms. The van der Waals surface area contributed by atoms with E-state index < -0.39 is 15.9 Å². The summed E-state index contributed by atoms with van der Waals surface area (Å²) in [5, 5.41) is 10.7. The normalized spacial score (nSPS) is 15.1. The summed E-state index contributed by atoms with van der Waals surface area (Å²) in [7, 11) is -3.78. The van der Waals surface area contributed by atoms with Crippen LogP contribution in [0.15, 0.2) is 52.9 Å². The van der Waals surface area contributed by atoms with Crippen LogP contribution in [0.4, 0.5) is 10.8 Å². The van der Waals surface area contributed by atoms with Crippen LogP contribution in [0.1, 0.15) is 15.9 Å². The topological polar surface area (TPSA) is 95.5 Å². The van der Waals surface area contributed by atoms with Gasteiger partial charge in [-0.2, -0.15) is 4.31 Å². The molecule has 1 aliphatic heterocycles. The van der Waals surface area contributed by atoms with E-state index in [1.165, 1.54) is 15.9 Å². The first kappa shape index (κ1) is 21.7. The molecule has 1 amide bonds. The zero-order chi connectivity index (χ0) is 22.0. The Kier molecular flexibility index (Phi) is 6.24. The zero-order valence-corrected chi connectivity index (χ0v) is 19.0. The molecule has 0 unspecified atom stereocenters. The largest absolute Gasteiger partial charge is 0.369 e. The lowest BCUT2D eigenvalue weighted by Crippen LogP contribution is -2.48. The van der Waals surface area contributed by atoms with E-state index >= 15 is 0 Å². The van der Waals surface area contributed by atoms with Gasteiger partial charge in [-0.05, 0) is 37.3 Å². The SMILES string of the molecule is Cc1ccc(N2CCN(S(=O)(=O)c3nnc(NC(=O)c4cccc(Cl)c4)s3)CC2)cc1. The summed E-state index contributed by atoms with van der Waals surface area (Å²) in [6.07, 6.45) is 0. The Balaban J connectivity index is 1.41. The molecule has 0 atom stereocenters. The molecule has 4 rings (SSSR count). The van der Waals surface area contributed by atoms with Crippen molar-refractivity contribution in [3.05, 3.63) is 64.7 Å². The van der Waals surface area contributed by atoms with Gasteiger partial charge >= 0.3 is 0 Å². The fraction of sp³-hybridized carbons (Fsp3) is 0.250. The fourth-order valence-electron chi connectivity index (χ4n) is 3.22. The minimum atomic E-state index is -3.78. The number of halogens is 1. The predicted molar refractivity (Wildman–Crippen MR) is 121 cm³/mol. The monoisotopic (exact) mass is 477 g/mol. The molecular weight excluding hydrogens is 458 g/mol. The molecule has 31 heavy (non-hydrogen) atoms. The lowest BCUT2D eigenvalue weighted by Gasteiger charge is -2.34. The summed E-state index contributed by atoms with van der Waals surface area (Å²) < 4.78 is 27.2. The summed E-state index contributed by atoms with van der Waals surface area (Å²) in [5.74, 6) is -0.436. The van der Waals surface area contributed by atoms with Gasteiger partial charge in [0.05, 0.1) is 0 Å². The maximum atomic E-state index is 13.0. The average molecular weight is 478 g/mol. The molecule has 11 heteroatoms. The molecule has 0 radical (unpaired) electrons. The summed E-state index contributed by atoms with van der Waals surface area (Å²) in [6.45, 7) is 3.89. The summed E-state index contributed by atoms with van der Waals surface area (Å²) in [6, 6.07) is 14.6. The number of benzene rings is 2. The fourth-order valence-corrected chi connectivity index (χ4v) is 5.86. The predicted octanol–water partition coefficient (Wildman–Crippen LogP) is 3.26. The Morgan fingerprint density at radius 2 is 1.77 bits per heavy atom. The number of rotatable bonds is 5. The molecule has 8 nitrogen and oxygen atoms in total. The average Bonchev–Trinajstić information content (AvgIpc) is 3.24. The van der Waals surface area contributed by atoms with E-state index in [2.05, 4.69) is 20.4 Å². The molecule has 1 aromatic heterocycles. The number of nitrogens with one attached hydrogen (secondary N) is 1. The van der Waals surface area contributed by atoms with Crippen LogP contribution in [-0.4, -0.2) is 55.0 Å². The van der Waals surface area contributed by atoms with E-state index in [1.54, 1.807) is 18.2 Å². The standard InChI is InChI=1S/C20H20ClN5O3S2/c1-14-5-7-17(8-6-14)25-9-11-26(12-10-25)31(28,29)20-24-23-19(30-20)22-18(27)15-3-2-4-16(21)13-15/h2-8,13H,9-12H2,1H3,(H,22,23,27). The number of carbonyl (C=O) groups is 1. The molecule has 1 aliphatic rings. The Hall–Kier alpha value is -2.53. The van der Waals surface area contributed by atoms with Crippen LogP contribution < -0.4 is 10.2 Å². The number of hydrogen-bond acceptors (Lipinski definition) is 7. The van der Waals surface area contributed by atoms with Crippen LogP contribution in [0.2, 0.25) is 5.02 Å². The Bertz CT molecular complexity index is 1190. The van der Waals surface area contributed by atoms with Gasteiger partial charge in [-0.1, -0.05) is 46.7 Å². The van der Waals surface area contributed by atoms with Crippen molar-refractivity contribution in [1.82, 2.24) is 14.5 Å². The van der Waals surface area contributed by atoms with Crippen molar-refractivity contribution in [2.24, 2.45) is 0 Å². The van der Waals surface area contributed by atoms with E-state index in [9.17, 15) is 13.2 Å². The number of aryl methyl sites for hydroxylation is 1. The van der Waals surface area contributed by atoms with E-state index in [-0.39, 0.29) is 9.47 Å². The van der Waals surface area contributed by atoms with E-state index in [1.807, 2.05) is 31.2 Å². The van der Waals surface area contributed by atoms with Gasteiger partial charge in [-0.15, -0.1) is 10.2 Å². The van der Waals surface area contributed by atoms with Gasteiger partial charge in [-0.25, -0.2) is 8.42 Å². The number of sulfonamides is 1. The molecule has 3 aromatic rings. The van der Waals surface area contributed by atoms with Crippen LogP contribution in [0, 0.1) is 6.92 Å². The highest BCUT2D eigenvalue weighted by atomic mass is 35.5. The third-order valence-electron chi connectivity index (χ3n) is 4.91. The number of carbonyl (C=O) groups excluding carboxylic acids is 1. The van der Waals surface area contributed by atoms with Crippen molar-refractivity contribution >= 4 is 49.7 Å². The Labute approximate surface area is 189 Å². The Morgan fingerprint density at radius 3 is 2.45 bits per heavy atom. The maximum Gasteiger partial charge on any atom is 0.272 e. The number of aromatic nitrogens is 2. The third-order valence-corrected chi connectivity index (χ3v) is 8.23. The number of piperazine rings is 1. The van der Waals surface area contributed by atoms with E-state index in [0.717, 1.165) is 17.0 Å². The van der Waals surface area contributed by atoms with E-state index in [0.29, 0.717) is 36.8 Å². The highest BCUT2D eigenvalue weighted by molar-refractivity contribution is 7.91. The molecule has 0 aliphatic carbocycles. The van der Waals surface area contributed by atoms with Crippen molar-refractivity contribution in [3.8, 4) is 0 Å². The van der Waals surface area contributed by atoms with Gasteiger partial charge in [0.25, 0.3) is 15.9 Å². The number of nitrogens with zero attached hydrogens (tertiary/aromatic N) is 4. The van der Waals surface area contributed by atoms with Gasteiger partial charge in [-0.3, -0.25) is 10.1 Å². The van der Waals surface area contributed by atoms with Gasteiger partial charge in [0.15, 0.2) is 0 Å². The number of hydrogen-bond donors (Lipinski definition) is 1. The first-order chi connectivity index (χ1) is 14.8. The van der Waals surface area contributed by atoms with Crippen LogP contribution in [0.25, 0.3) is 0 Å². The quantitative estimate of drug-likeness (QED) is 0.567. The molecule has 162 valence electrons. The zero-order valence-electron chi connectivity index (χ0n) is 16.7. The van der Waals surface area contributed by atoms with Crippen LogP contribution in [0.5, 0.6) is 0 Å². The highest BCUT2D eigenvalue weighted by Crippen LogP contribution is 2.26. The molecule has 2 aromatic carbocycles. The van der Waals surface area contributed by atoms with Gasteiger partial charge < -0.3 is 4.90 Å². The summed E-state index contributed by atoms with van der Waals surface area (Å²) in [4.78, 5) is 14.5. The van der Waals surface area contributed by atoms with Crippen LogP contribution in [-0.2, 0) is 10.0 Å². The first-order valence-electron chi connectivity index (χ1n) is 9.55. The number of anilines is 2. The second-order valence-corrected chi connectivity index (χ2v) is 10.6. The van der Waals surface area contributed by atoms with E-state index in [4.69, 9.17) is 11.6 Å². The van der Waals surface area contributed by atoms with Crippen molar-refractivity contribution in [2.75, 3.05) is 36.4 Å². The van der Waals surface area contributed by atoms with Crippen LogP contribution in [0.3, 0.4) is 0 Å². The van der Waals surface area contributed by atoms with Crippen molar-refractivity contribution < 1.29 is 13.2 Å². The molecule has 1 N–H and O–H groups in total. The van der Waals surface area contributed by atoms with Gasteiger partial charge in [0.2, 0.25) is 9.47 Å². The summed E-state index contributed by atoms with van der Waals surface area (Å²) >= 11 is 6.73. The molecule has 1 fully saturated rings.